The molecule has 4 heterocycles. The number of H-pyrrole nitrogens is 1. The molecule has 1 aliphatic heterocycles. The fourth-order valence-electron chi connectivity index (χ4n) is 10.8. The number of rotatable bonds is 15. The number of benzene rings is 3. The highest BCUT2D eigenvalue weighted by atomic mass is 32.2. The van der Waals surface area contributed by atoms with Crippen LogP contribution in [0.4, 0.5) is 25.8 Å². The average molecular weight is 1050 g/mol. The summed E-state index contributed by atoms with van der Waals surface area (Å²) in [4.78, 5) is 38.2. The highest BCUT2D eigenvalue weighted by Crippen LogP contribution is 2.47. The van der Waals surface area contributed by atoms with Gasteiger partial charge < -0.3 is 30.2 Å². The minimum Gasteiger partial charge on any atom is -0.455 e. The Morgan fingerprint density at radius 3 is 2.41 bits per heavy atom. The fourth-order valence-corrected chi connectivity index (χ4v) is 12.8. The maximum absolute atomic E-state index is 15.6. The smallest absolute Gasteiger partial charge is 0.293 e. The number of nitrogens with one attached hydrogen (secondary N) is 3. The van der Waals surface area contributed by atoms with Crippen molar-refractivity contribution in [1.29, 1.82) is 0 Å². The van der Waals surface area contributed by atoms with E-state index in [2.05, 4.69) is 43.7 Å². The van der Waals surface area contributed by atoms with E-state index in [0.717, 1.165) is 67.1 Å². The molecule has 19 heteroatoms. The number of hydrogen-bond acceptors (Lipinski definition) is 13. The van der Waals surface area contributed by atoms with Gasteiger partial charge in [-0.1, -0.05) is 19.4 Å². The van der Waals surface area contributed by atoms with Crippen LogP contribution in [0.1, 0.15) is 106 Å². The second-order valence-corrected chi connectivity index (χ2v) is 24.2. The molecule has 3 aromatic carbocycles. The van der Waals surface area contributed by atoms with Crippen LogP contribution in [0.25, 0.3) is 27.7 Å². The van der Waals surface area contributed by atoms with Crippen LogP contribution in [0.15, 0.2) is 95.0 Å². The van der Waals surface area contributed by atoms with E-state index in [0.29, 0.717) is 75.4 Å². The Labute approximate surface area is 432 Å². The molecule has 2 saturated carbocycles. The zero-order chi connectivity index (χ0) is 52.2. The standard InChI is InChI=1S/C55H61F2N7O8S2/c1-53(2)15-11-36(43(29-53)49-24-37(33-73-49)50-44(56)25-38(26-45(50)57)55(67)13-4-14-55)32-62-19-21-63(22-20-62)39-5-7-42(48(27-39)72-40-23-35-12-18-58-51(35)60-31-40)52(65)61-74(70,71)41-6-8-46(47(28-41)64(68)69)59-30-34-9-16-54(3,66)17-10-34/h5-8,12,18,23-28,31,33-34,59,66-67H,4,9-11,13-17,19-22,29-30,32H2,1-3H3,(H,58,60)(H,61,65)/t34-,54-. The van der Waals surface area contributed by atoms with Gasteiger partial charge in [-0.15, -0.1) is 11.3 Å². The predicted octanol–water partition coefficient (Wildman–Crippen LogP) is 10.9. The first-order valence-electron chi connectivity index (χ1n) is 25.3. The van der Waals surface area contributed by atoms with Gasteiger partial charge in [0.05, 0.1) is 38.3 Å². The maximum Gasteiger partial charge on any atom is 0.293 e. The number of amides is 1. The number of aromatic amines is 1. The van der Waals surface area contributed by atoms with Crippen LogP contribution in [0, 0.1) is 33.1 Å². The van der Waals surface area contributed by atoms with Gasteiger partial charge in [-0.25, -0.2) is 26.9 Å². The van der Waals surface area contributed by atoms with Crippen molar-refractivity contribution in [2.45, 2.75) is 101 Å². The minimum absolute atomic E-state index is 0.0405. The number of aromatic nitrogens is 2. The van der Waals surface area contributed by atoms with Crippen molar-refractivity contribution < 1.29 is 41.9 Å². The molecule has 6 aromatic rings. The van der Waals surface area contributed by atoms with Crippen molar-refractivity contribution in [3.8, 4) is 22.6 Å². The lowest BCUT2D eigenvalue weighted by Gasteiger charge is -2.39. The van der Waals surface area contributed by atoms with E-state index >= 15 is 8.78 Å². The first-order valence-corrected chi connectivity index (χ1v) is 27.6. The molecule has 0 spiro atoms. The number of piperazine rings is 1. The summed E-state index contributed by atoms with van der Waals surface area (Å²) < 4.78 is 67.3. The number of halogens is 2. The molecule has 5 N–H and O–H groups in total. The Balaban J connectivity index is 0.850. The molecule has 0 unspecified atom stereocenters. The molecule has 1 amide bonds. The van der Waals surface area contributed by atoms with Crippen LogP contribution in [0.5, 0.6) is 11.5 Å². The highest BCUT2D eigenvalue weighted by Gasteiger charge is 2.38. The summed E-state index contributed by atoms with van der Waals surface area (Å²) in [6, 6.07) is 16.4. The SMILES string of the molecule is CC1(C)CCC(CN2CCN(c3ccc(C(=O)NS(=O)(=O)c4ccc(NC[C@H]5CC[C@](C)(O)CC5)c([N+](=O)[O-])c4)c(Oc4cnc5[nH]ccc5c4)c3)CC2)=C(c2cc(-c3c(F)cc(C4(O)CCC4)cc3F)cs2)C1. The number of carbonyl (C=O) groups is 1. The van der Waals surface area contributed by atoms with E-state index in [4.69, 9.17) is 4.74 Å². The van der Waals surface area contributed by atoms with Gasteiger partial charge in [-0.2, -0.15) is 0 Å². The Bertz CT molecular complexity index is 3250. The summed E-state index contributed by atoms with van der Waals surface area (Å²) in [5.41, 5.74) is 2.31. The van der Waals surface area contributed by atoms with Crippen LogP contribution < -0.4 is 19.7 Å². The van der Waals surface area contributed by atoms with Gasteiger partial charge >= 0.3 is 0 Å². The number of carbonyl (C=O) groups excluding carboxylic acids is 1. The lowest BCUT2D eigenvalue weighted by molar-refractivity contribution is -0.384. The Hall–Kier alpha value is -6.25. The van der Waals surface area contributed by atoms with Crippen molar-refractivity contribution in [2.24, 2.45) is 11.3 Å². The Morgan fingerprint density at radius 1 is 0.959 bits per heavy atom. The third kappa shape index (κ3) is 10.9. The van der Waals surface area contributed by atoms with Crippen molar-refractivity contribution in [3.63, 3.8) is 0 Å². The number of anilines is 2. The zero-order valence-corrected chi connectivity index (χ0v) is 43.3. The van der Waals surface area contributed by atoms with Crippen LogP contribution in [-0.4, -0.2) is 89.2 Å². The molecular formula is C55H61F2N7O8S2. The molecule has 1 saturated heterocycles. The third-order valence-corrected chi connectivity index (χ3v) is 17.9. The number of pyridine rings is 1. The summed E-state index contributed by atoms with van der Waals surface area (Å²) in [6.07, 6.45) is 10.5. The molecule has 0 bridgehead atoms. The number of nitro benzene ring substituents is 1. The molecule has 0 atom stereocenters. The van der Waals surface area contributed by atoms with E-state index in [-0.39, 0.29) is 39.5 Å². The van der Waals surface area contributed by atoms with Crippen molar-refractivity contribution in [2.75, 3.05) is 49.5 Å². The van der Waals surface area contributed by atoms with Crippen molar-refractivity contribution in [3.05, 3.63) is 128 Å². The minimum atomic E-state index is -4.63. The first kappa shape index (κ1) is 51.2. The molecule has 390 valence electrons. The van der Waals surface area contributed by atoms with Gasteiger partial charge in [0.25, 0.3) is 21.6 Å². The summed E-state index contributed by atoms with van der Waals surface area (Å²) >= 11 is 1.49. The fraction of sp³-hybridized carbons (Fsp3) is 0.418. The number of nitro groups is 1. The van der Waals surface area contributed by atoms with Crippen LogP contribution >= 0.6 is 11.3 Å². The number of ether oxygens (including phenoxy) is 1. The van der Waals surface area contributed by atoms with Crippen LogP contribution in [0.3, 0.4) is 0 Å². The Kier molecular flexibility index (Phi) is 13.9. The number of fused-ring (bicyclic) bond motifs is 1. The molecule has 3 fully saturated rings. The van der Waals surface area contributed by atoms with E-state index in [1.165, 1.54) is 59.0 Å². The topological polar surface area (TPSA) is 203 Å². The van der Waals surface area contributed by atoms with Gasteiger partial charge in [-0.3, -0.25) is 19.8 Å². The largest absolute Gasteiger partial charge is 0.455 e. The second kappa shape index (κ2) is 20.1. The number of allylic oxidation sites excluding steroid dienone is 1. The number of thiophene rings is 1. The van der Waals surface area contributed by atoms with Gasteiger partial charge in [-0.05, 0) is 159 Å². The number of hydrogen-bond donors (Lipinski definition) is 5. The molecular weight excluding hydrogens is 989 g/mol. The highest BCUT2D eigenvalue weighted by molar-refractivity contribution is 7.90. The van der Waals surface area contributed by atoms with Crippen LogP contribution in [0.2, 0.25) is 0 Å². The molecule has 0 radical (unpaired) electrons. The lowest BCUT2D eigenvalue weighted by Crippen LogP contribution is -2.47. The quantitative estimate of drug-likeness (QED) is 0.0482. The molecule has 10 rings (SSSR count). The summed E-state index contributed by atoms with van der Waals surface area (Å²) in [5, 5.41) is 39.0. The average Bonchev–Trinajstić information content (AvgIpc) is 4.03. The third-order valence-electron chi connectivity index (χ3n) is 15.6. The number of nitrogens with zero attached hydrogens (tertiary/aromatic N) is 4. The van der Waals surface area contributed by atoms with E-state index in [1.54, 1.807) is 31.3 Å². The summed E-state index contributed by atoms with van der Waals surface area (Å²) in [6.45, 7) is 10.1. The van der Waals surface area contributed by atoms with E-state index in [9.17, 15) is 33.5 Å². The molecule has 4 aliphatic rings. The monoisotopic (exact) mass is 1050 g/mol. The van der Waals surface area contributed by atoms with Crippen LogP contribution in [-0.2, 0) is 15.6 Å². The van der Waals surface area contributed by atoms with E-state index in [1.807, 2.05) is 17.5 Å². The predicted molar refractivity (Wildman–Crippen MR) is 282 cm³/mol. The molecule has 74 heavy (non-hydrogen) atoms. The van der Waals surface area contributed by atoms with Gasteiger partial charge in [0.2, 0.25) is 0 Å². The zero-order valence-electron chi connectivity index (χ0n) is 41.7. The molecule has 3 aromatic heterocycles. The summed E-state index contributed by atoms with van der Waals surface area (Å²) in [7, 11) is -4.63. The van der Waals surface area contributed by atoms with Gasteiger partial charge in [0, 0.05) is 73.5 Å². The maximum atomic E-state index is 15.6. The molecule has 3 aliphatic carbocycles. The molecule has 15 nitrogen and oxygen atoms in total. The first-order chi connectivity index (χ1) is 35.2. The van der Waals surface area contributed by atoms with E-state index < -0.39 is 54.3 Å². The lowest BCUT2D eigenvalue weighted by atomic mass is 9.73. The van der Waals surface area contributed by atoms with Gasteiger partial charge in [0.15, 0.2) is 0 Å². The normalized spacial score (nSPS) is 21.1. The number of aliphatic hydroxyl groups is 2. The van der Waals surface area contributed by atoms with Crippen molar-refractivity contribution in [1.82, 2.24) is 19.6 Å². The van der Waals surface area contributed by atoms with Gasteiger partial charge in [0.1, 0.15) is 34.5 Å². The summed E-state index contributed by atoms with van der Waals surface area (Å²) in [5.74, 6) is -1.79. The van der Waals surface area contributed by atoms with Crippen molar-refractivity contribution >= 4 is 60.9 Å². The Morgan fingerprint density at radius 2 is 1.70 bits per heavy atom. The number of sulfonamides is 1. The second-order valence-electron chi connectivity index (χ2n) is 21.6.